The van der Waals surface area contributed by atoms with Crippen molar-refractivity contribution in [1.29, 1.82) is 0 Å². The van der Waals surface area contributed by atoms with Crippen molar-refractivity contribution in [1.82, 2.24) is 13.9 Å². The Kier molecular flexibility index (Phi) is 5.46. The van der Waals surface area contributed by atoms with E-state index in [1.54, 1.807) is 12.1 Å². The SMILES string of the molecule is CN(C)S(=O)(=O)N[C@@H]1CCN(C(=O)c2ccc(Cl)s2)C[C@H]1O. The van der Waals surface area contributed by atoms with Crippen LogP contribution in [0.25, 0.3) is 0 Å². The average Bonchev–Trinajstić information content (AvgIpc) is 2.86. The molecule has 0 spiro atoms. The van der Waals surface area contributed by atoms with Crippen LogP contribution in [0.15, 0.2) is 12.1 Å². The molecular formula is C12H18ClN3O4S2. The summed E-state index contributed by atoms with van der Waals surface area (Å²) in [7, 11) is -0.792. The largest absolute Gasteiger partial charge is 0.390 e. The van der Waals surface area contributed by atoms with Crippen molar-refractivity contribution in [3.8, 4) is 0 Å². The standard InChI is InChI=1S/C12H18ClN3O4S2/c1-15(2)22(19,20)14-8-5-6-16(7-9(8)17)12(18)10-3-4-11(13)21-10/h3-4,8-9,14,17H,5-7H2,1-2H3/t8-,9-/m1/s1. The highest BCUT2D eigenvalue weighted by Gasteiger charge is 2.33. The van der Waals surface area contributed by atoms with Crippen molar-refractivity contribution < 1.29 is 18.3 Å². The van der Waals surface area contributed by atoms with Gasteiger partial charge >= 0.3 is 0 Å². The number of hydrogen-bond donors (Lipinski definition) is 2. The summed E-state index contributed by atoms with van der Waals surface area (Å²) in [6.45, 7) is 0.445. The highest BCUT2D eigenvalue weighted by Crippen LogP contribution is 2.24. The number of amides is 1. The molecule has 1 aliphatic heterocycles. The number of hydrogen-bond acceptors (Lipinski definition) is 5. The van der Waals surface area contributed by atoms with Crippen LogP contribution in [0, 0.1) is 0 Å². The molecule has 1 aliphatic rings. The highest BCUT2D eigenvalue weighted by atomic mass is 35.5. The number of rotatable bonds is 4. The number of carbonyl (C=O) groups excluding carboxylic acids is 1. The van der Waals surface area contributed by atoms with Crippen LogP contribution in [0.2, 0.25) is 4.34 Å². The molecule has 22 heavy (non-hydrogen) atoms. The lowest BCUT2D eigenvalue weighted by Crippen LogP contribution is -2.56. The molecule has 7 nitrogen and oxygen atoms in total. The molecule has 1 amide bonds. The van der Waals surface area contributed by atoms with Crippen molar-refractivity contribution in [2.24, 2.45) is 0 Å². The fraction of sp³-hybridized carbons (Fsp3) is 0.583. The normalized spacial score (nSPS) is 23.0. The third-order valence-corrected chi connectivity index (χ3v) is 6.22. The van der Waals surface area contributed by atoms with Gasteiger partial charge in [0.1, 0.15) is 0 Å². The van der Waals surface area contributed by atoms with E-state index in [0.29, 0.717) is 22.2 Å². The van der Waals surface area contributed by atoms with Crippen LogP contribution in [0.3, 0.4) is 0 Å². The summed E-state index contributed by atoms with van der Waals surface area (Å²) in [4.78, 5) is 14.3. The van der Waals surface area contributed by atoms with E-state index in [2.05, 4.69) is 4.72 Å². The molecule has 2 atom stereocenters. The Morgan fingerprint density at radius 1 is 1.50 bits per heavy atom. The summed E-state index contributed by atoms with van der Waals surface area (Å²) in [5, 5.41) is 10.1. The van der Waals surface area contributed by atoms with Gasteiger partial charge in [0, 0.05) is 27.2 Å². The highest BCUT2D eigenvalue weighted by molar-refractivity contribution is 7.87. The minimum Gasteiger partial charge on any atom is -0.390 e. The first-order valence-corrected chi connectivity index (χ1v) is 9.26. The second-order valence-electron chi connectivity index (χ2n) is 5.22. The molecule has 2 rings (SSSR count). The van der Waals surface area contributed by atoms with Gasteiger partial charge in [0.25, 0.3) is 16.1 Å². The average molecular weight is 368 g/mol. The van der Waals surface area contributed by atoms with Crippen molar-refractivity contribution in [2.75, 3.05) is 27.2 Å². The zero-order valence-electron chi connectivity index (χ0n) is 12.2. The quantitative estimate of drug-likeness (QED) is 0.804. The lowest BCUT2D eigenvalue weighted by molar-refractivity contribution is 0.0368. The molecule has 0 saturated carbocycles. The molecule has 10 heteroatoms. The fourth-order valence-electron chi connectivity index (χ4n) is 2.14. The van der Waals surface area contributed by atoms with E-state index in [9.17, 15) is 18.3 Å². The van der Waals surface area contributed by atoms with Gasteiger partial charge in [-0.15, -0.1) is 11.3 Å². The van der Waals surface area contributed by atoms with Gasteiger partial charge in [0.2, 0.25) is 0 Å². The third kappa shape index (κ3) is 3.98. The molecule has 0 unspecified atom stereocenters. The van der Waals surface area contributed by atoms with Crippen LogP contribution in [0.4, 0.5) is 0 Å². The number of aliphatic hydroxyl groups excluding tert-OH is 1. The van der Waals surface area contributed by atoms with Gasteiger partial charge in [-0.3, -0.25) is 4.79 Å². The van der Waals surface area contributed by atoms with Gasteiger partial charge in [-0.25, -0.2) is 0 Å². The summed E-state index contributed by atoms with van der Waals surface area (Å²) in [6.07, 6.45) is -0.609. The van der Waals surface area contributed by atoms with Crippen molar-refractivity contribution in [2.45, 2.75) is 18.6 Å². The van der Waals surface area contributed by atoms with Gasteiger partial charge < -0.3 is 10.0 Å². The molecule has 1 aromatic rings. The van der Waals surface area contributed by atoms with Crippen LogP contribution >= 0.6 is 22.9 Å². The van der Waals surface area contributed by atoms with E-state index in [1.165, 1.54) is 30.3 Å². The Bertz CT molecular complexity index is 647. The molecular weight excluding hydrogens is 350 g/mol. The predicted molar refractivity (Wildman–Crippen MR) is 85.4 cm³/mol. The maximum Gasteiger partial charge on any atom is 0.279 e. The molecule has 124 valence electrons. The van der Waals surface area contributed by atoms with Crippen LogP contribution in [-0.4, -0.2) is 68.0 Å². The Hall–Kier alpha value is -0.710. The number of likely N-dealkylation sites (tertiary alicyclic amines) is 1. The minimum absolute atomic E-state index is 0.0783. The number of piperidine rings is 1. The maximum atomic E-state index is 12.3. The van der Waals surface area contributed by atoms with E-state index in [4.69, 9.17) is 11.6 Å². The van der Waals surface area contributed by atoms with Gasteiger partial charge in [-0.1, -0.05) is 11.6 Å². The van der Waals surface area contributed by atoms with Crippen LogP contribution < -0.4 is 4.72 Å². The summed E-state index contributed by atoms with van der Waals surface area (Å²) in [5.41, 5.74) is 0. The Morgan fingerprint density at radius 2 is 2.18 bits per heavy atom. The summed E-state index contributed by atoms with van der Waals surface area (Å²) in [5.74, 6) is -0.204. The first-order chi connectivity index (χ1) is 10.2. The van der Waals surface area contributed by atoms with Crippen LogP contribution in [0.1, 0.15) is 16.1 Å². The zero-order valence-corrected chi connectivity index (χ0v) is 14.6. The topological polar surface area (TPSA) is 90.0 Å². The third-order valence-electron chi connectivity index (χ3n) is 3.43. The smallest absolute Gasteiger partial charge is 0.279 e. The Labute approximate surface area is 138 Å². The summed E-state index contributed by atoms with van der Waals surface area (Å²) in [6, 6.07) is 2.68. The molecule has 2 heterocycles. The molecule has 1 saturated heterocycles. The lowest BCUT2D eigenvalue weighted by atomic mass is 10.0. The van der Waals surface area contributed by atoms with Crippen molar-refractivity contribution in [3.05, 3.63) is 21.3 Å². The van der Waals surface area contributed by atoms with Gasteiger partial charge in [-0.2, -0.15) is 17.4 Å². The van der Waals surface area contributed by atoms with Gasteiger partial charge in [0.05, 0.1) is 21.4 Å². The lowest BCUT2D eigenvalue weighted by Gasteiger charge is -2.36. The number of aliphatic hydroxyl groups is 1. The molecule has 0 aliphatic carbocycles. The Morgan fingerprint density at radius 3 is 2.68 bits per heavy atom. The molecule has 1 fully saturated rings. The fourth-order valence-corrected chi connectivity index (χ4v) is 4.01. The number of carbonyl (C=O) groups is 1. The van der Waals surface area contributed by atoms with E-state index in [0.717, 1.165) is 4.31 Å². The van der Waals surface area contributed by atoms with Crippen LogP contribution in [-0.2, 0) is 10.2 Å². The van der Waals surface area contributed by atoms with E-state index < -0.39 is 22.4 Å². The van der Waals surface area contributed by atoms with E-state index >= 15 is 0 Å². The van der Waals surface area contributed by atoms with Crippen molar-refractivity contribution >= 4 is 39.1 Å². The summed E-state index contributed by atoms with van der Waals surface area (Å²) < 4.78 is 27.6. The number of nitrogens with zero attached hydrogens (tertiary/aromatic N) is 2. The first-order valence-electron chi connectivity index (χ1n) is 6.63. The van der Waals surface area contributed by atoms with E-state index in [1.807, 2.05) is 0 Å². The maximum absolute atomic E-state index is 12.3. The second-order valence-corrected chi connectivity index (χ2v) is 8.85. The second kappa shape index (κ2) is 6.81. The zero-order chi connectivity index (χ0) is 16.5. The van der Waals surface area contributed by atoms with E-state index in [-0.39, 0.29) is 12.5 Å². The van der Waals surface area contributed by atoms with Gasteiger partial charge in [0.15, 0.2) is 0 Å². The van der Waals surface area contributed by atoms with Crippen molar-refractivity contribution in [3.63, 3.8) is 0 Å². The molecule has 1 aromatic heterocycles. The molecule has 2 N–H and O–H groups in total. The number of thiophene rings is 1. The molecule has 0 bridgehead atoms. The van der Waals surface area contributed by atoms with Crippen LogP contribution in [0.5, 0.6) is 0 Å². The summed E-state index contributed by atoms with van der Waals surface area (Å²) >= 11 is 6.99. The molecule has 0 radical (unpaired) electrons. The van der Waals surface area contributed by atoms with Gasteiger partial charge in [-0.05, 0) is 18.6 Å². The monoisotopic (exact) mass is 367 g/mol. The Balaban J connectivity index is 1.99. The first kappa shape index (κ1) is 17.6. The minimum atomic E-state index is -3.61. The number of β-amino-alcohol motifs (C(OH)–C–C–N with tert-alkyl or cyclic N) is 1. The number of nitrogens with one attached hydrogen (secondary N) is 1. The number of halogens is 1. The predicted octanol–water partition coefficient (Wildman–Crippen LogP) is 0.373. The molecule has 0 aromatic carbocycles.